The number of carbonyl (C=O) groups is 2. The van der Waals surface area contributed by atoms with E-state index in [0.717, 1.165) is 11.1 Å². The predicted octanol–water partition coefficient (Wildman–Crippen LogP) is 1.71. The van der Waals surface area contributed by atoms with Crippen molar-refractivity contribution >= 4 is 23.4 Å². The monoisotopic (exact) mass is 323 g/mol. The van der Waals surface area contributed by atoms with Crippen LogP contribution in [0.3, 0.4) is 0 Å². The van der Waals surface area contributed by atoms with Gasteiger partial charge >= 0.3 is 6.09 Å². The Balaban J connectivity index is 2.78. The van der Waals surface area contributed by atoms with Crippen LogP contribution in [0.25, 0.3) is 0 Å². The van der Waals surface area contributed by atoms with Gasteiger partial charge in [-0.1, -0.05) is 0 Å². The Bertz CT molecular complexity index is 594. The first-order chi connectivity index (χ1) is 10.5. The molecular weight excluding hydrogens is 298 g/mol. The van der Waals surface area contributed by atoms with Crippen molar-refractivity contribution in [3.8, 4) is 0 Å². The fourth-order valence-corrected chi connectivity index (χ4v) is 1.81. The van der Waals surface area contributed by atoms with Gasteiger partial charge in [-0.3, -0.25) is 4.79 Å². The Labute approximate surface area is 136 Å². The van der Waals surface area contributed by atoms with Crippen molar-refractivity contribution in [2.24, 2.45) is 0 Å². The highest BCUT2D eigenvalue weighted by Gasteiger charge is 2.24. The van der Waals surface area contributed by atoms with Crippen molar-refractivity contribution < 1.29 is 19.4 Å². The van der Waals surface area contributed by atoms with Crippen LogP contribution in [-0.2, 0) is 9.53 Å². The highest BCUT2D eigenvalue weighted by atomic mass is 16.6. The van der Waals surface area contributed by atoms with E-state index in [4.69, 9.17) is 10.5 Å². The third-order valence-corrected chi connectivity index (χ3v) is 3.11. The molecule has 1 rings (SSSR count). The fourth-order valence-electron chi connectivity index (χ4n) is 1.81. The lowest BCUT2D eigenvalue weighted by atomic mass is 10.1. The molecule has 0 bridgehead atoms. The van der Waals surface area contributed by atoms with Gasteiger partial charge in [0.15, 0.2) is 0 Å². The lowest BCUT2D eigenvalue weighted by Gasteiger charge is -2.22. The molecule has 7 heteroatoms. The second-order valence-electron chi connectivity index (χ2n) is 6.39. The topological polar surface area (TPSA) is 114 Å². The molecule has 2 amide bonds. The maximum Gasteiger partial charge on any atom is 0.408 e. The molecule has 1 aromatic carbocycles. The van der Waals surface area contributed by atoms with Crippen molar-refractivity contribution in [3.63, 3.8) is 0 Å². The summed E-state index contributed by atoms with van der Waals surface area (Å²) in [5.74, 6) is -0.576. The van der Waals surface area contributed by atoms with Gasteiger partial charge in [0.2, 0.25) is 5.91 Å². The predicted molar refractivity (Wildman–Crippen MR) is 89.2 cm³/mol. The number of ether oxygens (including phenoxy) is 1. The van der Waals surface area contributed by atoms with E-state index in [-0.39, 0.29) is 0 Å². The smallest absolute Gasteiger partial charge is 0.408 e. The van der Waals surface area contributed by atoms with Crippen molar-refractivity contribution in [2.75, 3.05) is 17.7 Å². The van der Waals surface area contributed by atoms with Gasteiger partial charge in [0.1, 0.15) is 11.6 Å². The number of amides is 2. The number of aryl methyl sites for hydroxylation is 2. The number of alkyl carbamates (subject to hydrolysis) is 1. The van der Waals surface area contributed by atoms with E-state index in [0.29, 0.717) is 11.4 Å². The molecule has 0 aromatic heterocycles. The molecule has 0 aliphatic carbocycles. The number of aliphatic hydroxyl groups excluding tert-OH is 1. The summed E-state index contributed by atoms with van der Waals surface area (Å²) in [4.78, 5) is 23.9. The molecule has 1 aromatic rings. The van der Waals surface area contributed by atoms with Crippen LogP contribution in [0.1, 0.15) is 31.9 Å². The number of nitrogen functional groups attached to an aromatic ring is 1. The first-order valence-electron chi connectivity index (χ1n) is 7.31. The Morgan fingerprint density at radius 3 is 2.35 bits per heavy atom. The third-order valence-electron chi connectivity index (χ3n) is 3.11. The van der Waals surface area contributed by atoms with Crippen LogP contribution in [0.4, 0.5) is 16.2 Å². The van der Waals surface area contributed by atoms with E-state index in [1.54, 1.807) is 32.9 Å². The Morgan fingerprint density at radius 1 is 1.26 bits per heavy atom. The van der Waals surface area contributed by atoms with Crippen molar-refractivity contribution in [2.45, 2.75) is 46.3 Å². The quantitative estimate of drug-likeness (QED) is 0.630. The number of hydrogen-bond acceptors (Lipinski definition) is 5. The van der Waals surface area contributed by atoms with Crippen molar-refractivity contribution in [1.82, 2.24) is 5.32 Å². The molecule has 0 radical (unpaired) electrons. The molecule has 7 nitrogen and oxygen atoms in total. The molecule has 0 heterocycles. The Hall–Kier alpha value is -2.28. The number of aliphatic hydroxyl groups is 1. The third kappa shape index (κ3) is 5.78. The molecule has 5 N–H and O–H groups in total. The second-order valence-corrected chi connectivity index (χ2v) is 6.39. The molecule has 23 heavy (non-hydrogen) atoms. The molecule has 128 valence electrons. The first kappa shape index (κ1) is 18.8. The molecule has 1 atom stereocenters. The zero-order chi connectivity index (χ0) is 17.8. The number of anilines is 2. The zero-order valence-corrected chi connectivity index (χ0v) is 14.2. The highest BCUT2D eigenvalue weighted by molar-refractivity contribution is 5.99. The number of nitrogens with two attached hydrogens (primary N) is 1. The van der Waals surface area contributed by atoms with E-state index < -0.39 is 30.3 Å². The normalized spacial score (nSPS) is 12.4. The summed E-state index contributed by atoms with van der Waals surface area (Å²) in [6, 6.07) is 2.36. The van der Waals surface area contributed by atoms with Gasteiger partial charge in [-0.25, -0.2) is 4.79 Å². The van der Waals surface area contributed by atoms with Crippen LogP contribution >= 0.6 is 0 Å². The van der Waals surface area contributed by atoms with Gasteiger partial charge < -0.3 is 26.2 Å². The number of carbonyl (C=O) groups excluding carboxylic acids is 2. The minimum absolute atomic E-state index is 0.412. The van der Waals surface area contributed by atoms with Gasteiger partial charge in [-0.05, 0) is 57.9 Å². The lowest BCUT2D eigenvalue weighted by Crippen LogP contribution is -2.47. The number of nitrogens with one attached hydrogen (secondary N) is 2. The van der Waals surface area contributed by atoms with E-state index in [9.17, 15) is 14.7 Å². The van der Waals surface area contributed by atoms with Gasteiger partial charge in [0.05, 0.1) is 18.0 Å². The van der Waals surface area contributed by atoms with Gasteiger partial charge in [-0.15, -0.1) is 0 Å². The fraction of sp³-hybridized carbons (Fsp3) is 0.500. The Morgan fingerprint density at radius 2 is 1.83 bits per heavy atom. The van der Waals surface area contributed by atoms with Crippen LogP contribution in [0.15, 0.2) is 12.1 Å². The van der Waals surface area contributed by atoms with Crippen LogP contribution < -0.4 is 16.4 Å². The van der Waals surface area contributed by atoms with E-state index in [1.807, 2.05) is 13.8 Å². The minimum Gasteiger partial charge on any atom is -0.444 e. The second kappa shape index (κ2) is 7.32. The summed E-state index contributed by atoms with van der Waals surface area (Å²) in [5, 5.41) is 14.3. The molecule has 0 spiro atoms. The first-order valence-corrected chi connectivity index (χ1v) is 7.31. The highest BCUT2D eigenvalue weighted by Crippen LogP contribution is 2.23. The van der Waals surface area contributed by atoms with E-state index in [2.05, 4.69) is 10.6 Å². The number of rotatable bonds is 4. The molecule has 0 aliphatic rings. The average molecular weight is 323 g/mol. The van der Waals surface area contributed by atoms with Gasteiger partial charge in [0.25, 0.3) is 0 Å². The summed E-state index contributed by atoms with van der Waals surface area (Å²) in [6.07, 6.45) is -0.778. The van der Waals surface area contributed by atoms with Crippen LogP contribution in [0.2, 0.25) is 0 Å². The maximum atomic E-state index is 12.2. The molecule has 0 fully saturated rings. The SMILES string of the molecule is Cc1cc(N)c(NC(=O)[C@@H](CO)NC(=O)OC(C)(C)C)cc1C. The summed E-state index contributed by atoms with van der Waals surface area (Å²) in [7, 11) is 0. The number of benzene rings is 1. The van der Waals surface area contributed by atoms with Gasteiger partial charge in [0, 0.05) is 0 Å². The zero-order valence-electron chi connectivity index (χ0n) is 14.2. The van der Waals surface area contributed by atoms with E-state index >= 15 is 0 Å². The Kier molecular flexibility index (Phi) is 5.98. The summed E-state index contributed by atoms with van der Waals surface area (Å²) in [6.45, 7) is 8.36. The molecular formula is C16H25N3O4. The minimum atomic E-state index is -1.13. The molecule has 0 saturated heterocycles. The van der Waals surface area contributed by atoms with Crippen molar-refractivity contribution in [1.29, 1.82) is 0 Å². The maximum absolute atomic E-state index is 12.2. The standard InChI is InChI=1S/C16H25N3O4/c1-9-6-11(17)12(7-10(9)2)18-14(21)13(8-20)19-15(22)23-16(3,4)5/h6-7,13,20H,8,17H2,1-5H3,(H,18,21)(H,19,22)/t13-/m1/s1. The summed E-state index contributed by atoms with van der Waals surface area (Å²) >= 11 is 0. The van der Waals surface area contributed by atoms with Crippen LogP contribution in [0, 0.1) is 13.8 Å². The molecule has 0 aliphatic heterocycles. The average Bonchev–Trinajstić information content (AvgIpc) is 2.40. The number of hydrogen-bond donors (Lipinski definition) is 4. The summed E-state index contributed by atoms with van der Waals surface area (Å²) in [5.41, 5.74) is 8.00. The largest absolute Gasteiger partial charge is 0.444 e. The van der Waals surface area contributed by atoms with Crippen LogP contribution in [-0.4, -0.2) is 35.4 Å². The van der Waals surface area contributed by atoms with Crippen LogP contribution in [0.5, 0.6) is 0 Å². The lowest BCUT2D eigenvalue weighted by molar-refractivity contribution is -0.119. The molecule has 0 unspecified atom stereocenters. The van der Waals surface area contributed by atoms with Crippen molar-refractivity contribution in [3.05, 3.63) is 23.3 Å². The summed E-state index contributed by atoms with van der Waals surface area (Å²) < 4.78 is 5.06. The van der Waals surface area contributed by atoms with E-state index in [1.165, 1.54) is 0 Å². The van der Waals surface area contributed by atoms with Gasteiger partial charge in [-0.2, -0.15) is 0 Å². The molecule has 0 saturated carbocycles.